The number of rotatable bonds is 3. The Kier molecular flexibility index (Phi) is 4.32. The Morgan fingerprint density at radius 1 is 1.64 bits per heavy atom. The van der Waals surface area contributed by atoms with Crippen LogP contribution in [0.3, 0.4) is 0 Å². The maximum absolute atomic E-state index is 7.55. The fourth-order valence-corrected chi connectivity index (χ4v) is 1.08. The average molecular weight is 255 g/mol. The maximum Gasteiger partial charge on any atom is 0.248 e. The summed E-state index contributed by atoms with van der Waals surface area (Å²) in [7, 11) is 0. The quantitative estimate of drug-likeness (QED) is 0.384. The van der Waals surface area contributed by atoms with Crippen molar-refractivity contribution in [1.29, 1.82) is 5.41 Å². The maximum atomic E-state index is 7.55. The van der Waals surface area contributed by atoms with Gasteiger partial charge >= 0.3 is 0 Å². The fourth-order valence-electron chi connectivity index (χ4n) is 0.957. The number of hydrogen-bond acceptors (Lipinski definition) is 3. The van der Waals surface area contributed by atoms with Gasteiger partial charge in [-0.15, -0.1) is 0 Å². The van der Waals surface area contributed by atoms with Gasteiger partial charge in [0.05, 0.1) is 6.21 Å². The molecule has 74 valence electrons. The van der Waals surface area contributed by atoms with Crippen molar-refractivity contribution in [1.82, 2.24) is 0 Å². The van der Waals surface area contributed by atoms with Gasteiger partial charge < -0.3 is 4.84 Å². The lowest BCUT2D eigenvalue weighted by molar-refractivity contribution is 0.328. The van der Waals surface area contributed by atoms with Gasteiger partial charge in [0.1, 0.15) is 0 Å². The highest BCUT2D eigenvalue weighted by Crippen LogP contribution is 2.05. The first-order valence-corrected chi connectivity index (χ1v) is 5.26. The summed E-state index contributed by atoms with van der Waals surface area (Å²) >= 11 is 3.17. The monoisotopic (exact) mass is 254 g/mol. The highest BCUT2D eigenvalue weighted by Gasteiger charge is 2.01. The molecule has 0 fully saturated rings. The zero-order valence-corrected chi connectivity index (χ0v) is 9.41. The predicted molar refractivity (Wildman–Crippen MR) is 61.4 cm³/mol. The van der Waals surface area contributed by atoms with Crippen molar-refractivity contribution in [2.75, 3.05) is 5.33 Å². The summed E-state index contributed by atoms with van der Waals surface area (Å²) in [5.41, 5.74) is 1.83. The van der Waals surface area contributed by atoms with Crippen molar-refractivity contribution in [2.45, 2.75) is 6.92 Å². The normalized spacial score (nSPS) is 10.4. The van der Waals surface area contributed by atoms with E-state index in [4.69, 9.17) is 10.2 Å². The summed E-state index contributed by atoms with van der Waals surface area (Å²) in [6.45, 7) is 1.97. The summed E-state index contributed by atoms with van der Waals surface area (Å²) in [4.78, 5) is 4.85. The molecule has 0 spiro atoms. The van der Waals surface area contributed by atoms with Crippen molar-refractivity contribution in [2.24, 2.45) is 5.16 Å². The molecule has 0 radical (unpaired) electrons. The molecular formula is C10H11BrN2O. The molecule has 0 amide bonds. The molecule has 0 bridgehead atoms. The first kappa shape index (κ1) is 10.9. The summed E-state index contributed by atoms with van der Waals surface area (Å²) in [6, 6.07) is 7.56. The van der Waals surface area contributed by atoms with Crippen LogP contribution in [0.2, 0.25) is 0 Å². The molecule has 0 saturated heterocycles. The Morgan fingerprint density at radius 3 is 3.07 bits per heavy atom. The van der Waals surface area contributed by atoms with Crippen LogP contribution in [0, 0.1) is 12.3 Å². The minimum Gasteiger partial charge on any atom is -0.337 e. The smallest absolute Gasteiger partial charge is 0.248 e. The summed E-state index contributed by atoms with van der Waals surface area (Å²) in [6.07, 6.45) is 1.55. The Balaban J connectivity index is 2.65. The van der Waals surface area contributed by atoms with Gasteiger partial charge in [0, 0.05) is 10.9 Å². The largest absolute Gasteiger partial charge is 0.337 e. The second kappa shape index (κ2) is 5.54. The molecule has 1 aromatic rings. The highest BCUT2D eigenvalue weighted by molar-refractivity contribution is 9.09. The van der Waals surface area contributed by atoms with Crippen LogP contribution in [0.25, 0.3) is 0 Å². The summed E-state index contributed by atoms with van der Waals surface area (Å²) < 4.78 is 0. The van der Waals surface area contributed by atoms with Crippen molar-refractivity contribution < 1.29 is 4.84 Å². The van der Waals surface area contributed by atoms with Gasteiger partial charge in [0.25, 0.3) is 0 Å². The molecule has 1 aromatic carbocycles. The Hall–Kier alpha value is -1.16. The van der Waals surface area contributed by atoms with Crippen LogP contribution in [-0.4, -0.2) is 17.4 Å². The van der Waals surface area contributed by atoms with E-state index in [9.17, 15) is 0 Å². The minimum atomic E-state index is 0.0610. The van der Waals surface area contributed by atoms with Gasteiger partial charge in [-0.1, -0.05) is 38.8 Å². The van der Waals surface area contributed by atoms with Gasteiger partial charge in [0.2, 0.25) is 5.90 Å². The molecule has 0 aliphatic heterocycles. The number of aryl methyl sites for hydroxylation is 1. The standard InChI is InChI=1S/C10H11BrN2O/c1-8-3-2-4-9(7-8)10(12)14-13-6-5-11/h2-4,6-7,12H,5H2,1H3/b12-10?,13-6+. The third kappa shape index (κ3) is 3.30. The van der Waals surface area contributed by atoms with Crippen LogP contribution in [0.4, 0.5) is 0 Å². The Morgan fingerprint density at radius 2 is 2.43 bits per heavy atom. The van der Waals surface area contributed by atoms with Crippen LogP contribution in [0.15, 0.2) is 29.4 Å². The topological polar surface area (TPSA) is 45.4 Å². The second-order valence-electron chi connectivity index (χ2n) is 2.73. The lowest BCUT2D eigenvalue weighted by Gasteiger charge is -2.01. The second-order valence-corrected chi connectivity index (χ2v) is 3.38. The number of nitrogens with zero attached hydrogens (tertiary/aromatic N) is 1. The first-order valence-electron chi connectivity index (χ1n) is 4.14. The van der Waals surface area contributed by atoms with Crippen LogP contribution in [0.5, 0.6) is 0 Å². The van der Waals surface area contributed by atoms with E-state index in [-0.39, 0.29) is 5.90 Å². The lowest BCUT2D eigenvalue weighted by Crippen LogP contribution is -2.01. The molecule has 0 atom stereocenters. The summed E-state index contributed by atoms with van der Waals surface area (Å²) in [5.74, 6) is 0.0610. The van der Waals surface area contributed by atoms with E-state index in [0.717, 1.165) is 11.1 Å². The van der Waals surface area contributed by atoms with Crippen LogP contribution < -0.4 is 0 Å². The van der Waals surface area contributed by atoms with E-state index in [1.165, 1.54) is 0 Å². The SMILES string of the molecule is Cc1cccc(C(=N)O/N=C/CBr)c1. The van der Waals surface area contributed by atoms with Gasteiger partial charge in [-0.3, -0.25) is 5.41 Å². The lowest BCUT2D eigenvalue weighted by atomic mass is 10.1. The molecule has 0 aliphatic carbocycles. The van der Waals surface area contributed by atoms with E-state index in [1.807, 2.05) is 31.2 Å². The van der Waals surface area contributed by atoms with Crippen molar-refractivity contribution in [3.05, 3.63) is 35.4 Å². The molecule has 0 aliphatic rings. The van der Waals surface area contributed by atoms with E-state index < -0.39 is 0 Å². The van der Waals surface area contributed by atoms with Gasteiger partial charge in [-0.25, -0.2) is 0 Å². The third-order valence-corrected chi connectivity index (χ3v) is 1.86. The van der Waals surface area contributed by atoms with Crippen molar-refractivity contribution >= 4 is 28.0 Å². The average Bonchev–Trinajstić information content (AvgIpc) is 2.18. The Bertz CT molecular complexity index is 350. The zero-order chi connectivity index (χ0) is 10.4. The number of benzene rings is 1. The molecule has 4 heteroatoms. The van der Waals surface area contributed by atoms with E-state index in [1.54, 1.807) is 6.21 Å². The fraction of sp³-hybridized carbons (Fsp3) is 0.200. The van der Waals surface area contributed by atoms with Crippen LogP contribution in [-0.2, 0) is 4.84 Å². The highest BCUT2D eigenvalue weighted by atomic mass is 79.9. The molecule has 14 heavy (non-hydrogen) atoms. The predicted octanol–water partition coefficient (Wildman–Crippen LogP) is 2.72. The van der Waals surface area contributed by atoms with Crippen molar-refractivity contribution in [3.8, 4) is 0 Å². The Labute approximate surface area is 91.4 Å². The molecule has 0 aromatic heterocycles. The van der Waals surface area contributed by atoms with Gasteiger partial charge in [-0.2, -0.15) is 0 Å². The minimum absolute atomic E-state index is 0.0610. The number of alkyl halides is 1. The van der Waals surface area contributed by atoms with Gasteiger partial charge in [-0.05, 0) is 19.1 Å². The molecular weight excluding hydrogens is 244 g/mol. The third-order valence-electron chi connectivity index (χ3n) is 1.57. The molecule has 1 N–H and O–H groups in total. The number of oxime groups is 1. The first-order chi connectivity index (χ1) is 6.74. The van der Waals surface area contributed by atoms with E-state index in [2.05, 4.69) is 21.1 Å². The zero-order valence-electron chi connectivity index (χ0n) is 7.83. The number of nitrogens with one attached hydrogen (secondary N) is 1. The molecule has 1 rings (SSSR count). The molecule has 3 nitrogen and oxygen atoms in total. The van der Waals surface area contributed by atoms with Crippen LogP contribution in [0.1, 0.15) is 11.1 Å². The van der Waals surface area contributed by atoms with Crippen molar-refractivity contribution in [3.63, 3.8) is 0 Å². The number of hydrogen-bond donors (Lipinski definition) is 1. The van der Waals surface area contributed by atoms with E-state index in [0.29, 0.717) is 5.33 Å². The van der Waals surface area contributed by atoms with E-state index >= 15 is 0 Å². The number of halogens is 1. The molecule has 0 saturated carbocycles. The molecule has 0 heterocycles. The van der Waals surface area contributed by atoms with Gasteiger partial charge in [0.15, 0.2) is 0 Å². The van der Waals surface area contributed by atoms with Crippen LogP contribution >= 0.6 is 15.9 Å². The molecule has 0 unspecified atom stereocenters. The summed E-state index contributed by atoms with van der Waals surface area (Å²) in [5, 5.41) is 11.8.